The molecular weight excluding hydrogens is 345 g/mol. The molecule has 6 nitrogen and oxygen atoms in total. The number of halogens is 1. The van der Waals surface area contributed by atoms with Crippen molar-refractivity contribution in [1.82, 2.24) is 9.97 Å². The topological polar surface area (TPSA) is 84.1 Å². The van der Waals surface area contributed by atoms with Crippen LogP contribution >= 0.6 is 0 Å². The number of anilines is 2. The van der Waals surface area contributed by atoms with E-state index in [0.29, 0.717) is 24.5 Å². The van der Waals surface area contributed by atoms with Gasteiger partial charge in [0.15, 0.2) is 5.82 Å². The summed E-state index contributed by atoms with van der Waals surface area (Å²) in [6, 6.07) is 7.85. The molecule has 1 saturated heterocycles. The van der Waals surface area contributed by atoms with E-state index in [0.717, 1.165) is 37.8 Å². The van der Waals surface area contributed by atoms with Crippen molar-refractivity contribution in [1.29, 1.82) is 0 Å². The number of benzene rings is 1. The SMILES string of the molecule is N[C@H]1CC[C@H](Nc2ncc(F)c(-c3cccc(N4CCCC4=O)c3)n2)CC1. The van der Waals surface area contributed by atoms with Gasteiger partial charge in [-0.15, -0.1) is 0 Å². The fourth-order valence-electron chi connectivity index (χ4n) is 3.83. The van der Waals surface area contributed by atoms with E-state index in [1.54, 1.807) is 11.0 Å². The van der Waals surface area contributed by atoms with Crippen LogP contribution in [0.4, 0.5) is 16.0 Å². The third-order valence-corrected chi connectivity index (χ3v) is 5.35. The second-order valence-electron chi connectivity index (χ2n) is 7.35. The van der Waals surface area contributed by atoms with Crippen molar-refractivity contribution >= 4 is 17.5 Å². The molecule has 2 aliphatic rings. The molecule has 2 heterocycles. The van der Waals surface area contributed by atoms with Crippen molar-refractivity contribution in [3.8, 4) is 11.3 Å². The van der Waals surface area contributed by atoms with Crippen LogP contribution in [0.2, 0.25) is 0 Å². The highest BCUT2D eigenvalue weighted by Crippen LogP contribution is 2.29. The maximum atomic E-state index is 14.4. The number of nitrogens with one attached hydrogen (secondary N) is 1. The Kier molecular flexibility index (Phi) is 5.03. The van der Waals surface area contributed by atoms with Crippen LogP contribution in [0.5, 0.6) is 0 Å². The number of aromatic nitrogens is 2. The van der Waals surface area contributed by atoms with Gasteiger partial charge in [-0.2, -0.15) is 0 Å². The van der Waals surface area contributed by atoms with E-state index in [1.807, 2.05) is 18.2 Å². The molecule has 142 valence electrons. The Labute approximate surface area is 158 Å². The Morgan fingerprint density at radius 1 is 1.22 bits per heavy atom. The molecule has 0 radical (unpaired) electrons. The first-order chi connectivity index (χ1) is 13.1. The molecule has 27 heavy (non-hydrogen) atoms. The van der Waals surface area contributed by atoms with Crippen LogP contribution in [0.1, 0.15) is 38.5 Å². The minimum Gasteiger partial charge on any atom is -0.351 e. The van der Waals surface area contributed by atoms with Gasteiger partial charge in [0.25, 0.3) is 0 Å². The number of hydrogen-bond donors (Lipinski definition) is 2. The minimum atomic E-state index is -0.476. The summed E-state index contributed by atoms with van der Waals surface area (Å²) in [5.41, 5.74) is 7.61. The molecular formula is C20H24FN5O. The monoisotopic (exact) mass is 369 g/mol. The second kappa shape index (κ2) is 7.60. The van der Waals surface area contributed by atoms with E-state index in [1.165, 1.54) is 6.20 Å². The van der Waals surface area contributed by atoms with Gasteiger partial charge >= 0.3 is 0 Å². The van der Waals surface area contributed by atoms with Crippen LogP contribution in [0.15, 0.2) is 30.5 Å². The lowest BCUT2D eigenvalue weighted by Crippen LogP contribution is -2.33. The summed E-state index contributed by atoms with van der Waals surface area (Å²) in [5.74, 6) is 0.0545. The highest BCUT2D eigenvalue weighted by Gasteiger charge is 2.23. The zero-order valence-electron chi connectivity index (χ0n) is 15.2. The zero-order chi connectivity index (χ0) is 18.8. The summed E-state index contributed by atoms with van der Waals surface area (Å²) in [7, 11) is 0. The molecule has 0 bridgehead atoms. The van der Waals surface area contributed by atoms with Gasteiger partial charge < -0.3 is 16.0 Å². The quantitative estimate of drug-likeness (QED) is 0.865. The number of carbonyl (C=O) groups is 1. The van der Waals surface area contributed by atoms with Crippen molar-refractivity contribution in [3.05, 3.63) is 36.3 Å². The van der Waals surface area contributed by atoms with E-state index in [2.05, 4.69) is 15.3 Å². The van der Waals surface area contributed by atoms with Gasteiger partial charge in [-0.1, -0.05) is 12.1 Å². The molecule has 4 rings (SSSR count). The van der Waals surface area contributed by atoms with Crippen LogP contribution < -0.4 is 16.0 Å². The van der Waals surface area contributed by atoms with Crippen LogP contribution in [0, 0.1) is 5.82 Å². The lowest BCUT2D eigenvalue weighted by molar-refractivity contribution is -0.117. The Morgan fingerprint density at radius 2 is 2.04 bits per heavy atom. The van der Waals surface area contributed by atoms with E-state index in [-0.39, 0.29) is 23.7 Å². The molecule has 1 saturated carbocycles. The number of rotatable bonds is 4. The third kappa shape index (κ3) is 3.93. The number of hydrogen-bond acceptors (Lipinski definition) is 5. The maximum Gasteiger partial charge on any atom is 0.227 e. The van der Waals surface area contributed by atoms with Gasteiger partial charge in [-0.3, -0.25) is 4.79 Å². The van der Waals surface area contributed by atoms with E-state index < -0.39 is 5.82 Å². The number of nitrogens with zero attached hydrogens (tertiary/aromatic N) is 3. The molecule has 1 amide bonds. The molecule has 0 unspecified atom stereocenters. The van der Waals surface area contributed by atoms with Crippen molar-refractivity contribution in [2.24, 2.45) is 5.73 Å². The lowest BCUT2D eigenvalue weighted by atomic mass is 9.92. The van der Waals surface area contributed by atoms with Crippen LogP contribution in [-0.4, -0.2) is 34.5 Å². The van der Waals surface area contributed by atoms with Crippen molar-refractivity contribution in [2.75, 3.05) is 16.8 Å². The highest BCUT2D eigenvalue weighted by molar-refractivity contribution is 5.95. The molecule has 1 aromatic carbocycles. The smallest absolute Gasteiger partial charge is 0.227 e. The predicted molar refractivity (Wildman–Crippen MR) is 103 cm³/mol. The molecule has 7 heteroatoms. The third-order valence-electron chi connectivity index (χ3n) is 5.35. The summed E-state index contributed by atoms with van der Waals surface area (Å²) in [6.07, 6.45) is 6.48. The average molecular weight is 369 g/mol. The van der Waals surface area contributed by atoms with Crippen molar-refractivity contribution in [2.45, 2.75) is 50.6 Å². The molecule has 0 atom stereocenters. The normalized spacial score (nSPS) is 22.9. The predicted octanol–water partition coefficient (Wildman–Crippen LogP) is 3.09. The van der Waals surface area contributed by atoms with Gasteiger partial charge in [-0.25, -0.2) is 14.4 Å². The Hall–Kier alpha value is -2.54. The summed E-state index contributed by atoms with van der Waals surface area (Å²) < 4.78 is 14.4. The fraction of sp³-hybridized carbons (Fsp3) is 0.450. The number of amides is 1. The van der Waals surface area contributed by atoms with Crippen molar-refractivity contribution < 1.29 is 9.18 Å². The van der Waals surface area contributed by atoms with Gasteiger partial charge in [0, 0.05) is 36.3 Å². The Balaban J connectivity index is 1.57. The zero-order valence-corrected chi connectivity index (χ0v) is 15.2. The first-order valence-corrected chi connectivity index (χ1v) is 9.55. The summed E-state index contributed by atoms with van der Waals surface area (Å²) >= 11 is 0. The van der Waals surface area contributed by atoms with E-state index >= 15 is 0 Å². The molecule has 2 aromatic rings. The number of carbonyl (C=O) groups excluding carboxylic acids is 1. The lowest BCUT2D eigenvalue weighted by Gasteiger charge is -2.26. The average Bonchev–Trinajstić information content (AvgIpc) is 3.11. The largest absolute Gasteiger partial charge is 0.351 e. The summed E-state index contributed by atoms with van der Waals surface area (Å²) in [6.45, 7) is 0.700. The maximum absolute atomic E-state index is 14.4. The van der Waals surface area contributed by atoms with E-state index in [4.69, 9.17) is 5.73 Å². The van der Waals surface area contributed by atoms with Gasteiger partial charge in [0.2, 0.25) is 11.9 Å². The molecule has 3 N–H and O–H groups in total. The Bertz CT molecular complexity index is 835. The van der Waals surface area contributed by atoms with Gasteiger partial charge in [0.1, 0.15) is 5.69 Å². The van der Waals surface area contributed by atoms with Gasteiger partial charge in [0.05, 0.1) is 6.20 Å². The second-order valence-corrected chi connectivity index (χ2v) is 7.35. The molecule has 0 spiro atoms. The van der Waals surface area contributed by atoms with Crippen LogP contribution in [-0.2, 0) is 4.79 Å². The van der Waals surface area contributed by atoms with Gasteiger partial charge in [-0.05, 0) is 44.2 Å². The fourth-order valence-corrected chi connectivity index (χ4v) is 3.83. The molecule has 2 fully saturated rings. The number of nitrogens with two attached hydrogens (primary N) is 1. The molecule has 1 aliphatic carbocycles. The minimum absolute atomic E-state index is 0.105. The van der Waals surface area contributed by atoms with Crippen LogP contribution in [0.3, 0.4) is 0 Å². The molecule has 1 aromatic heterocycles. The highest BCUT2D eigenvalue weighted by atomic mass is 19.1. The summed E-state index contributed by atoms with van der Waals surface area (Å²) in [5, 5.41) is 3.31. The first-order valence-electron chi connectivity index (χ1n) is 9.55. The first kappa shape index (κ1) is 17.9. The summed E-state index contributed by atoms with van der Waals surface area (Å²) in [4.78, 5) is 22.2. The van der Waals surface area contributed by atoms with Crippen molar-refractivity contribution in [3.63, 3.8) is 0 Å². The van der Waals surface area contributed by atoms with E-state index in [9.17, 15) is 9.18 Å². The Morgan fingerprint density at radius 3 is 2.78 bits per heavy atom. The molecule has 1 aliphatic heterocycles. The standard InChI is InChI=1S/C20H24FN5O/c21-17-12-23-20(24-15-8-6-14(22)7-9-15)25-19(17)13-3-1-4-16(11-13)26-10-2-5-18(26)27/h1,3-4,11-12,14-15H,2,5-10,22H2,(H,23,24,25)/t14-,15-. The van der Waals surface area contributed by atoms with Crippen LogP contribution in [0.25, 0.3) is 11.3 Å².